The molecule has 1 aromatic heterocycles. The first-order chi connectivity index (χ1) is 14.0. The van der Waals surface area contributed by atoms with E-state index in [-0.39, 0.29) is 17.4 Å². The van der Waals surface area contributed by atoms with E-state index < -0.39 is 22.2 Å². The predicted octanol–water partition coefficient (Wildman–Crippen LogP) is 5.35. The maximum atomic E-state index is 13.9. The van der Waals surface area contributed by atoms with Crippen LogP contribution >= 0.6 is 0 Å². The van der Waals surface area contributed by atoms with E-state index in [2.05, 4.69) is 15.3 Å². The van der Waals surface area contributed by atoms with Crippen molar-refractivity contribution in [3.63, 3.8) is 0 Å². The van der Waals surface area contributed by atoms with Crippen LogP contribution in [0, 0.1) is 21.7 Å². The molecule has 0 aliphatic rings. The fraction of sp³-hybridized carbons (Fsp3) is 0. The third kappa shape index (κ3) is 3.65. The molecule has 29 heavy (non-hydrogen) atoms. The normalized spacial score (nSPS) is 10.7. The van der Waals surface area contributed by atoms with Gasteiger partial charge in [-0.05, 0) is 23.6 Å². The molecule has 0 aliphatic carbocycles. The number of nitrogens with zero attached hydrogens (tertiary/aromatic N) is 3. The first-order valence-electron chi connectivity index (χ1n) is 8.40. The second-order valence-electron chi connectivity index (χ2n) is 5.96. The number of ether oxygens (including phenoxy) is 1. The van der Waals surface area contributed by atoms with Crippen molar-refractivity contribution in [3.8, 4) is 11.6 Å². The molecule has 4 rings (SSSR count). The third-order valence-electron chi connectivity index (χ3n) is 4.11. The average Bonchev–Trinajstić information content (AvgIpc) is 2.70. The van der Waals surface area contributed by atoms with Crippen LogP contribution in [0.15, 0.2) is 67.0 Å². The second kappa shape index (κ2) is 7.47. The number of nitrogens with one attached hydrogen (secondary N) is 1. The molecule has 0 spiro atoms. The lowest BCUT2D eigenvalue weighted by Crippen LogP contribution is -2.04. The van der Waals surface area contributed by atoms with E-state index >= 15 is 0 Å². The lowest BCUT2D eigenvalue weighted by atomic mass is 10.1. The summed E-state index contributed by atoms with van der Waals surface area (Å²) in [4.78, 5) is 18.6. The largest absolute Gasteiger partial charge is 0.433 e. The molecule has 3 aromatic carbocycles. The standard InChI is InChI=1S/C20H12F2N4O3/c21-13-8-9-16(15(22)10-13)25-19-18(26(27)28)20(24-11-23-19)29-17-7-3-5-12-4-1-2-6-14(12)17/h1-11H,(H,23,24,25). The van der Waals surface area contributed by atoms with Gasteiger partial charge in [0.25, 0.3) is 0 Å². The fourth-order valence-corrected chi connectivity index (χ4v) is 2.80. The smallest absolute Gasteiger partial charge is 0.373 e. The Labute approximate surface area is 162 Å². The average molecular weight is 394 g/mol. The van der Waals surface area contributed by atoms with Crippen molar-refractivity contribution in [1.82, 2.24) is 9.97 Å². The molecule has 0 aliphatic heterocycles. The Balaban J connectivity index is 1.76. The molecule has 0 fully saturated rings. The molecule has 0 saturated heterocycles. The molecule has 1 N–H and O–H groups in total. The summed E-state index contributed by atoms with van der Waals surface area (Å²) >= 11 is 0. The molecule has 9 heteroatoms. The molecule has 0 atom stereocenters. The van der Waals surface area contributed by atoms with E-state index in [1.165, 1.54) is 0 Å². The van der Waals surface area contributed by atoms with E-state index in [9.17, 15) is 18.9 Å². The highest BCUT2D eigenvalue weighted by atomic mass is 19.1. The van der Waals surface area contributed by atoms with Crippen LogP contribution in [0.25, 0.3) is 10.8 Å². The minimum Gasteiger partial charge on any atom is -0.433 e. The number of nitro groups is 1. The summed E-state index contributed by atoms with van der Waals surface area (Å²) in [6.07, 6.45) is 1.05. The maximum absolute atomic E-state index is 13.9. The number of fused-ring (bicyclic) bond motifs is 1. The van der Waals surface area contributed by atoms with Gasteiger partial charge in [-0.25, -0.2) is 13.8 Å². The van der Waals surface area contributed by atoms with Crippen molar-refractivity contribution in [1.29, 1.82) is 0 Å². The van der Waals surface area contributed by atoms with Crippen molar-refractivity contribution in [2.45, 2.75) is 0 Å². The van der Waals surface area contributed by atoms with Crippen LogP contribution in [0.1, 0.15) is 0 Å². The molecule has 0 saturated carbocycles. The van der Waals surface area contributed by atoms with Gasteiger partial charge >= 0.3 is 11.6 Å². The number of aromatic nitrogens is 2. The van der Waals surface area contributed by atoms with Gasteiger partial charge in [-0.1, -0.05) is 36.4 Å². The topological polar surface area (TPSA) is 90.2 Å². The molecule has 0 bridgehead atoms. The van der Waals surface area contributed by atoms with Crippen LogP contribution < -0.4 is 10.1 Å². The van der Waals surface area contributed by atoms with Crippen LogP contribution in [0.3, 0.4) is 0 Å². The Morgan fingerprint density at radius 2 is 1.79 bits per heavy atom. The highest BCUT2D eigenvalue weighted by Gasteiger charge is 2.26. The summed E-state index contributed by atoms with van der Waals surface area (Å²) in [5, 5.41) is 15.8. The lowest BCUT2D eigenvalue weighted by Gasteiger charge is -2.11. The molecule has 0 amide bonds. The zero-order chi connectivity index (χ0) is 20.4. The van der Waals surface area contributed by atoms with Crippen molar-refractivity contribution < 1.29 is 18.4 Å². The van der Waals surface area contributed by atoms with Crippen LogP contribution in [0.4, 0.5) is 26.0 Å². The van der Waals surface area contributed by atoms with E-state index in [4.69, 9.17) is 4.74 Å². The third-order valence-corrected chi connectivity index (χ3v) is 4.11. The van der Waals surface area contributed by atoms with Gasteiger partial charge in [0.2, 0.25) is 5.82 Å². The molecular formula is C20H12F2N4O3. The molecule has 144 valence electrons. The SMILES string of the molecule is O=[N+]([O-])c1c(Nc2ccc(F)cc2F)ncnc1Oc1cccc2ccccc12. The number of halogens is 2. The summed E-state index contributed by atoms with van der Waals surface area (Å²) in [6, 6.07) is 15.4. The predicted molar refractivity (Wildman–Crippen MR) is 102 cm³/mol. The number of benzene rings is 3. The molecule has 1 heterocycles. The van der Waals surface area contributed by atoms with Gasteiger partial charge in [0.1, 0.15) is 23.7 Å². The van der Waals surface area contributed by atoms with E-state index in [0.29, 0.717) is 11.8 Å². The molecule has 7 nitrogen and oxygen atoms in total. The van der Waals surface area contributed by atoms with Gasteiger partial charge in [0, 0.05) is 11.5 Å². The first-order valence-corrected chi connectivity index (χ1v) is 8.40. The van der Waals surface area contributed by atoms with Gasteiger partial charge in [0.05, 0.1) is 10.6 Å². The summed E-state index contributed by atoms with van der Waals surface area (Å²) in [6.45, 7) is 0. The Hall–Kier alpha value is -4.14. The molecule has 0 radical (unpaired) electrons. The van der Waals surface area contributed by atoms with E-state index in [1.54, 1.807) is 12.1 Å². The van der Waals surface area contributed by atoms with Crippen LogP contribution in [0.2, 0.25) is 0 Å². The zero-order valence-electron chi connectivity index (χ0n) is 14.7. The van der Waals surface area contributed by atoms with Crippen LogP contribution in [0.5, 0.6) is 11.6 Å². The Bertz CT molecular complexity index is 1230. The number of hydrogen-bond acceptors (Lipinski definition) is 6. The van der Waals surface area contributed by atoms with Crippen molar-refractivity contribution in [2.75, 3.05) is 5.32 Å². The molecular weight excluding hydrogens is 382 g/mol. The Morgan fingerprint density at radius 3 is 2.59 bits per heavy atom. The van der Waals surface area contributed by atoms with Gasteiger partial charge in [-0.3, -0.25) is 10.1 Å². The molecule has 0 unspecified atom stereocenters. The number of anilines is 2. The summed E-state index contributed by atoms with van der Waals surface area (Å²) in [5.74, 6) is -1.93. The van der Waals surface area contributed by atoms with E-state index in [1.807, 2.05) is 30.3 Å². The van der Waals surface area contributed by atoms with Crippen LogP contribution in [-0.2, 0) is 0 Å². The summed E-state index contributed by atoms with van der Waals surface area (Å²) < 4.78 is 32.8. The van der Waals surface area contributed by atoms with Gasteiger partial charge in [0.15, 0.2) is 0 Å². The minimum atomic E-state index is -0.922. The second-order valence-corrected chi connectivity index (χ2v) is 5.96. The maximum Gasteiger partial charge on any atom is 0.373 e. The molecule has 4 aromatic rings. The summed E-state index contributed by atoms with van der Waals surface area (Å²) in [5.41, 5.74) is -0.756. The van der Waals surface area contributed by atoms with Crippen molar-refractivity contribution in [3.05, 3.63) is 88.7 Å². The number of rotatable bonds is 5. The first kappa shape index (κ1) is 18.2. The lowest BCUT2D eigenvalue weighted by molar-refractivity contribution is -0.385. The van der Waals surface area contributed by atoms with Gasteiger partial charge in [-0.15, -0.1) is 0 Å². The van der Waals surface area contributed by atoms with Crippen molar-refractivity contribution in [2.24, 2.45) is 0 Å². The minimum absolute atomic E-state index is 0.177. The van der Waals surface area contributed by atoms with Crippen LogP contribution in [-0.4, -0.2) is 14.9 Å². The quantitative estimate of drug-likeness (QED) is 0.362. The Kier molecular flexibility index (Phi) is 4.70. The van der Waals surface area contributed by atoms with E-state index in [0.717, 1.165) is 29.2 Å². The fourth-order valence-electron chi connectivity index (χ4n) is 2.80. The van der Waals surface area contributed by atoms with Gasteiger partial charge in [-0.2, -0.15) is 4.98 Å². The van der Waals surface area contributed by atoms with Gasteiger partial charge < -0.3 is 10.1 Å². The zero-order valence-corrected chi connectivity index (χ0v) is 14.7. The highest BCUT2D eigenvalue weighted by molar-refractivity contribution is 5.88. The van der Waals surface area contributed by atoms with Crippen molar-refractivity contribution >= 4 is 28.0 Å². The number of hydrogen-bond donors (Lipinski definition) is 1. The highest BCUT2D eigenvalue weighted by Crippen LogP contribution is 2.37. The monoisotopic (exact) mass is 394 g/mol. The summed E-state index contributed by atoms with van der Waals surface area (Å²) in [7, 11) is 0. The Morgan fingerprint density at radius 1 is 1.00 bits per heavy atom.